The molecule has 1 fully saturated rings. The van der Waals surface area contributed by atoms with Gasteiger partial charge in [0.1, 0.15) is 0 Å². The Morgan fingerprint density at radius 1 is 1.36 bits per heavy atom. The predicted molar refractivity (Wildman–Crippen MR) is 60.8 cm³/mol. The molecule has 76 valence electrons. The van der Waals surface area contributed by atoms with Crippen molar-refractivity contribution in [3.63, 3.8) is 0 Å². The summed E-state index contributed by atoms with van der Waals surface area (Å²) in [5.41, 5.74) is 2.71. The average molecular weight is 210 g/mol. The standard InChI is InChI=1S/C12H16ClN/c1-9-5-6-10(13)8-11(9)12-4-2-3-7-14-12/h5-6,8,12,14H,2-4,7H2,1H3/t12-/m0/s1. The fraction of sp³-hybridized carbons (Fsp3) is 0.500. The Labute approximate surface area is 90.5 Å². The molecule has 0 amide bonds. The van der Waals surface area contributed by atoms with E-state index in [4.69, 9.17) is 11.6 Å². The van der Waals surface area contributed by atoms with Crippen LogP contribution < -0.4 is 5.32 Å². The first-order valence-electron chi connectivity index (χ1n) is 5.27. The second-order valence-corrected chi connectivity index (χ2v) is 4.44. The monoisotopic (exact) mass is 209 g/mol. The van der Waals surface area contributed by atoms with Crippen LogP contribution in [-0.4, -0.2) is 6.54 Å². The molecule has 1 aromatic carbocycles. The first-order valence-corrected chi connectivity index (χ1v) is 5.64. The van der Waals surface area contributed by atoms with E-state index in [1.54, 1.807) is 0 Å². The summed E-state index contributed by atoms with van der Waals surface area (Å²) in [6.07, 6.45) is 3.86. The number of benzene rings is 1. The molecule has 2 rings (SSSR count). The normalized spacial score (nSPS) is 22.3. The summed E-state index contributed by atoms with van der Waals surface area (Å²) >= 11 is 6.01. The quantitative estimate of drug-likeness (QED) is 0.747. The summed E-state index contributed by atoms with van der Waals surface area (Å²) in [5.74, 6) is 0. The highest BCUT2D eigenvalue weighted by atomic mass is 35.5. The van der Waals surface area contributed by atoms with Gasteiger partial charge in [-0.2, -0.15) is 0 Å². The molecular weight excluding hydrogens is 194 g/mol. The molecule has 1 aromatic rings. The highest BCUT2D eigenvalue weighted by Gasteiger charge is 2.16. The van der Waals surface area contributed by atoms with Crippen molar-refractivity contribution in [3.8, 4) is 0 Å². The lowest BCUT2D eigenvalue weighted by atomic mass is 9.94. The second-order valence-electron chi connectivity index (χ2n) is 4.00. The molecule has 1 aliphatic heterocycles. The maximum absolute atomic E-state index is 6.01. The fourth-order valence-electron chi connectivity index (χ4n) is 2.10. The van der Waals surface area contributed by atoms with Crippen molar-refractivity contribution in [2.24, 2.45) is 0 Å². The molecule has 1 nitrogen and oxygen atoms in total. The van der Waals surface area contributed by atoms with Gasteiger partial charge in [-0.15, -0.1) is 0 Å². The van der Waals surface area contributed by atoms with Gasteiger partial charge in [0.05, 0.1) is 0 Å². The van der Waals surface area contributed by atoms with Crippen LogP contribution in [0.1, 0.15) is 36.4 Å². The first kappa shape index (κ1) is 10.0. The smallest absolute Gasteiger partial charge is 0.0409 e. The molecule has 0 aromatic heterocycles. The average Bonchev–Trinajstić information content (AvgIpc) is 2.23. The SMILES string of the molecule is Cc1ccc(Cl)cc1[C@@H]1CCCCN1. The minimum Gasteiger partial charge on any atom is -0.310 e. The zero-order chi connectivity index (χ0) is 9.97. The van der Waals surface area contributed by atoms with Crippen LogP contribution in [0.3, 0.4) is 0 Å². The number of piperidine rings is 1. The van der Waals surface area contributed by atoms with Gasteiger partial charge >= 0.3 is 0 Å². The number of hydrogen-bond acceptors (Lipinski definition) is 1. The molecule has 2 heteroatoms. The Kier molecular flexibility index (Phi) is 3.09. The third-order valence-corrected chi connectivity index (χ3v) is 3.16. The molecule has 1 N–H and O–H groups in total. The number of halogens is 1. The van der Waals surface area contributed by atoms with Crippen LogP contribution >= 0.6 is 11.6 Å². The van der Waals surface area contributed by atoms with Crippen LogP contribution in [0.25, 0.3) is 0 Å². The van der Waals surface area contributed by atoms with Gasteiger partial charge in [0.25, 0.3) is 0 Å². The molecular formula is C12H16ClN. The summed E-state index contributed by atoms with van der Waals surface area (Å²) in [5, 5.41) is 4.39. The molecule has 1 atom stereocenters. The van der Waals surface area contributed by atoms with Crippen molar-refractivity contribution in [2.45, 2.75) is 32.2 Å². The Hall–Kier alpha value is -0.530. The second kappa shape index (κ2) is 4.33. The number of nitrogens with one attached hydrogen (secondary N) is 1. The van der Waals surface area contributed by atoms with Crippen LogP contribution in [-0.2, 0) is 0 Å². The Balaban J connectivity index is 2.24. The molecule has 1 saturated heterocycles. The van der Waals surface area contributed by atoms with E-state index in [1.807, 2.05) is 6.07 Å². The van der Waals surface area contributed by atoms with E-state index < -0.39 is 0 Å². The number of aryl methyl sites for hydroxylation is 1. The number of rotatable bonds is 1. The van der Waals surface area contributed by atoms with E-state index in [9.17, 15) is 0 Å². The van der Waals surface area contributed by atoms with Crippen molar-refractivity contribution in [1.29, 1.82) is 0 Å². The molecule has 14 heavy (non-hydrogen) atoms. The highest BCUT2D eigenvalue weighted by Crippen LogP contribution is 2.27. The van der Waals surface area contributed by atoms with Crippen LogP contribution in [0.15, 0.2) is 18.2 Å². The molecule has 0 saturated carbocycles. The minimum atomic E-state index is 0.516. The summed E-state index contributed by atoms with van der Waals surface area (Å²) < 4.78 is 0. The van der Waals surface area contributed by atoms with E-state index in [-0.39, 0.29) is 0 Å². The summed E-state index contributed by atoms with van der Waals surface area (Å²) in [4.78, 5) is 0. The third kappa shape index (κ3) is 2.10. The molecule has 1 aliphatic rings. The van der Waals surface area contributed by atoms with Crippen molar-refractivity contribution in [2.75, 3.05) is 6.54 Å². The molecule has 0 aliphatic carbocycles. The zero-order valence-corrected chi connectivity index (χ0v) is 9.27. The van der Waals surface area contributed by atoms with Gasteiger partial charge in [-0.1, -0.05) is 24.1 Å². The minimum absolute atomic E-state index is 0.516. The number of hydrogen-bond donors (Lipinski definition) is 1. The van der Waals surface area contributed by atoms with Crippen LogP contribution in [0.4, 0.5) is 0 Å². The van der Waals surface area contributed by atoms with Gasteiger partial charge in [0.15, 0.2) is 0 Å². The molecule has 1 heterocycles. The van der Waals surface area contributed by atoms with Crippen molar-refractivity contribution >= 4 is 11.6 Å². The summed E-state index contributed by atoms with van der Waals surface area (Å²) in [6, 6.07) is 6.68. The maximum Gasteiger partial charge on any atom is 0.0409 e. The van der Waals surface area contributed by atoms with Crippen molar-refractivity contribution in [1.82, 2.24) is 5.32 Å². The van der Waals surface area contributed by atoms with E-state index in [1.165, 1.54) is 30.4 Å². The van der Waals surface area contributed by atoms with Crippen molar-refractivity contribution in [3.05, 3.63) is 34.3 Å². The van der Waals surface area contributed by atoms with E-state index in [2.05, 4.69) is 24.4 Å². The van der Waals surface area contributed by atoms with Crippen molar-refractivity contribution < 1.29 is 0 Å². The topological polar surface area (TPSA) is 12.0 Å². The third-order valence-electron chi connectivity index (χ3n) is 2.93. The van der Waals surface area contributed by atoms with E-state index >= 15 is 0 Å². The lowest BCUT2D eigenvalue weighted by Gasteiger charge is -2.25. The van der Waals surface area contributed by atoms with Crippen LogP contribution in [0.5, 0.6) is 0 Å². The van der Waals surface area contributed by atoms with E-state index in [0.29, 0.717) is 6.04 Å². The Morgan fingerprint density at radius 3 is 2.93 bits per heavy atom. The summed E-state index contributed by atoms with van der Waals surface area (Å²) in [6.45, 7) is 3.29. The van der Waals surface area contributed by atoms with Gasteiger partial charge in [0.2, 0.25) is 0 Å². The van der Waals surface area contributed by atoms with Crippen LogP contribution in [0, 0.1) is 6.92 Å². The molecule has 0 spiro atoms. The van der Waals surface area contributed by atoms with Gasteiger partial charge in [-0.05, 0) is 49.6 Å². The van der Waals surface area contributed by atoms with Gasteiger partial charge in [-0.25, -0.2) is 0 Å². The Morgan fingerprint density at radius 2 is 2.21 bits per heavy atom. The summed E-state index contributed by atoms with van der Waals surface area (Å²) in [7, 11) is 0. The lowest BCUT2D eigenvalue weighted by molar-refractivity contribution is 0.411. The predicted octanol–water partition coefficient (Wildman–Crippen LogP) is 3.46. The largest absolute Gasteiger partial charge is 0.310 e. The maximum atomic E-state index is 6.01. The van der Waals surface area contributed by atoms with Gasteiger partial charge < -0.3 is 5.32 Å². The van der Waals surface area contributed by atoms with E-state index in [0.717, 1.165) is 11.6 Å². The van der Waals surface area contributed by atoms with Gasteiger partial charge in [-0.3, -0.25) is 0 Å². The molecule has 0 radical (unpaired) electrons. The molecule has 0 unspecified atom stereocenters. The van der Waals surface area contributed by atoms with Crippen LogP contribution in [0.2, 0.25) is 5.02 Å². The zero-order valence-electron chi connectivity index (χ0n) is 8.52. The highest BCUT2D eigenvalue weighted by molar-refractivity contribution is 6.30. The fourth-order valence-corrected chi connectivity index (χ4v) is 2.28. The molecule has 0 bridgehead atoms. The van der Waals surface area contributed by atoms with Gasteiger partial charge in [0, 0.05) is 11.1 Å². The lowest BCUT2D eigenvalue weighted by Crippen LogP contribution is -2.27. The Bertz CT molecular complexity index is 316. The first-order chi connectivity index (χ1) is 6.77.